The summed E-state index contributed by atoms with van der Waals surface area (Å²) in [5.41, 5.74) is -0.900. The van der Waals surface area contributed by atoms with Crippen LogP contribution in [0.25, 0.3) is 0 Å². The maximum atomic E-state index is 11.1. The minimum atomic E-state index is -0.830. The molecule has 2 aliphatic carbocycles. The first-order valence-electron chi connectivity index (χ1n) is 9.03. The molecule has 0 spiro atoms. The minimum absolute atomic E-state index is 0.181. The Labute approximate surface area is 137 Å². The van der Waals surface area contributed by atoms with Gasteiger partial charge in [-0.3, -0.25) is 0 Å². The molecule has 0 saturated heterocycles. The molecule has 0 aliphatic heterocycles. The number of aliphatic hydroxyl groups is 2. The Kier molecular flexibility index (Phi) is 4.61. The van der Waals surface area contributed by atoms with E-state index in [9.17, 15) is 10.2 Å². The Morgan fingerprint density at radius 2 is 1.82 bits per heavy atom. The maximum Gasteiger partial charge on any atom is 0.0797 e. The predicted octanol–water partition coefficient (Wildman–Crippen LogP) is 4.70. The van der Waals surface area contributed by atoms with Crippen molar-refractivity contribution < 1.29 is 10.2 Å². The highest BCUT2D eigenvalue weighted by molar-refractivity contribution is 5.08. The number of hydrogen-bond acceptors (Lipinski definition) is 2. The molecule has 2 fully saturated rings. The van der Waals surface area contributed by atoms with E-state index in [1.54, 1.807) is 6.08 Å². The first kappa shape index (κ1) is 18.0. The van der Waals surface area contributed by atoms with Gasteiger partial charge < -0.3 is 10.2 Å². The highest BCUT2D eigenvalue weighted by Crippen LogP contribution is 2.63. The van der Waals surface area contributed by atoms with Crippen LogP contribution in [-0.4, -0.2) is 21.4 Å². The summed E-state index contributed by atoms with van der Waals surface area (Å²) in [4.78, 5) is 0. The van der Waals surface area contributed by atoms with Gasteiger partial charge >= 0.3 is 0 Å². The first-order valence-corrected chi connectivity index (χ1v) is 9.03. The molecule has 0 unspecified atom stereocenters. The van der Waals surface area contributed by atoms with Gasteiger partial charge in [0.15, 0.2) is 0 Å². The van der Waals surface area contributed by atoms with E-state index < -0.39 is 11.2 Å². The average Bonchev–Trinajstić information content (AvgIpc) is 2.35. The molecule has 0 aromatic rings. The monoisotopic (exact) mass is 308 g/mol. The van der Waals surface area contributed by atoms with Crippen molar-refractivity contribution in [3.63, 3.8) is 0 Å². The molecule has 128 valence electrons. The van der Waals surface area contributed by atoms with Crippen LogP contribution in [0, 0.1) is 22.7 Å². The Balaban J connectivity index is 2.28. The molecule has 0 aromatic carbocycles. The van der Waals surface area contributed by atoms with Crippen LogP contribution in [0.1, 0.15) is 79.6 Å². The van der Waals surface area contributed by atoms with Crippen molar-refractivity contribution in [2.24, 2.45) is 22.7 Å². The van der Waals surface area contributed by atoms with Crippen molar-refractivity contribution in [1.82, 2.24) is 0 Å². The Morgan fingerprint density at radius 1 is 1.18 bits per heavy atom. The van der Waals surface area contributed by atoms with Crippen LogP contribution in [-0.2, 0) is 0 Å². The SMILES string of the molecule is C=C[C@@](C)(O)CC[C@H]1[C@]2(C)CCCC(C)(C)[C@H]2CC[C@]1(C)O. The van der Waals surface area contributed by atoms with Crippen LogP contribution in [0.5, 0.6) is 0 Å². The Bertz CT molecular complexity index is 421. The van der Waals surface area contributed by atoms with Crippen molar-refractivity contribution in [3.05, 3.63) is 12.7 Å². The molecule has 22 heavy (non-hydrogen) atoms. The lowest BCUT2D eigenvalue weighted by molar-refractivity contribution is -0.171. The fraction of sp³-hybridized carbons (Fsp3) is 0.900. The zero-order valence-corrected chi connectivity index (χ0v) is 15.3. The van der Waals surface area contributed by atoms with Crippen molar-refractivity contribution in [2.75, 3.05) is 0 Å². The fourth-order valence-corrected chi connectivity index (χ4v) is 5.80. The van der Waals surface area contributed by atoms with E-state index in [0.29, 0.717) is 17.8 Å². The summed E-state index contributed by atoms with van der Waals surface area (Å²) in [6.45, 7) is 14.8. The van der Waals surface area contributed by atoms with E-state index >= 15 is 0 Å². The largest absolute Gasteiger partial charge is 0.390 e. The maximum absolute atomic E-state index is 11.1. The van der Waals surface area contributed by atoms with Gasteiger partial charge in [0, 0.05) is 0 Å². The molecule has 2 aliphatic rings. The zero-order chi connectivity index (χ0) is 16.8. The molecule has 2 saturated carbocycles. The second-order valence-electron chi connectivity index (χ2n) is 9.45. The third-order valence-electron chi connectivity index (χ3n) is 7.14. The van der Waals surface area contributed by atoms with Gasteiger partial charge in [-0.25, -0.2) is 0 Å². The fourth-order valence-electron chi connectivity index (χ4n) is 5.80. The summed E-state index contributed by atoms with van der Waals surface area (Å²) in [6, 6.07) is 0. The average molecular weight is 309 g/mol. The Morgan fingerprint density at radius 3 is 2.41 bits per heavy atom. The van der Waals surface area contributed by atoms with Crippen LogP contribution in [0.15, 0.2) is 12.7 Å². The van der Waals surface area contributed by atoms with Crippen LogP contribution >= 0.6 is 0 Å². The molecule has 2 N–H and O–H groups in total. The van der Waals surface area contributed by atoms with Crippen LogP contribution in [0.2, 0.25) is 0 Å². The van der Waals surface area contributed by atoms with Gasteiger partial charge in [-0.15, -0.1) is 6.58 Å². The van der Waals surface area contributed by atoms with E-state index in [-0.39, 0.29) is 11.3 Å². The standard InChI is InChI=1S/C20H36O2/c1-7-18(4,21)13-9-16-19(5)12-8-11-17(2,3)15(19)10-14-20(16,6)22/h7,15-16,21-22H,1,8-14H2,2-6H3/t15-,16+,18-,19-,20+/m1/s1. The third kappa shape index (κ3) is 3.14. The van der Waals surface area contributed by atoms with Crippen LogP contribution in [0.4, 0.5) is 0 Å². The van der Waals surface area contributed by atoms with E-state index in [1.807, 2.05) is 13.8 Å². The summed E-state index contributed by atoms with van der Waals surface area (Å²) >= 11 is 0. The quantitative estimate of drug-likeness (QED) is 0.739. The lowest BCUT2D eigenvalue weighted by Crippen LogP contribution is -2.57. The van der Waals surface area contributed by atoms with Crippen molar-refractivity contribution in [1.29, 1.82) is 0 Å². The topological polar surface area (TPSA) is 40.5 Å². The molecule has 0 bridgehead atoms. The predicted molar refractivity (Wildman–Crippen MR) is 92.6 cm³/mol. The summed E-state index contributed by atoms with van der Waals surface area (Å²) in [7, 11) is 0. The molecule has 2 heteroatoms. The lowest BCUT2D eigenvalue weighted by Gasteiger charge is -2.61. The lowest BCUT2D eigenvalue weighted by atomic mass is 9.45. The molecular formula is C20H36O2. The highest BCUT2D eigenvalue weighted by atomic mass is 16.3. The molecular weight excluding hydrogens is 272 g/mol. The van der Waals surface area contributed by atoms with E-state index in [4.69, 9.17) is 0 Å². The van der Waals surface area contributed by atoms with Gasteiger partial charge in [-0.2, -0.15) is 0 Å². The van der Waals surface area contributed by atoms with E-state index in [0.717, 1.165) is 19.3 Å². The van der Waals surface area contributed by atoms with Crippen molar-refractivity contribution in [3.8, 4) is 0 Å². The van der Waals surface area contributed by atoms with E-state index in [2.05, 4.69) is 27.4 Å². The van der Waals surface area contributed by atoms with Gasteiger partial charge in [0.2, 0.25) is 0 Å². The summed E-state index contributed by atoms with van der Waals surface area (Å²) in [6.07, 6.45) is 8.96. The summed E-state index contributed by atoms with van der Waals surface area (Å²) in [5, 5.41) is 21.4. The van der Waals surface area contributed by atoms with Crippen LogP contribution < -0.4 is 0 Å². The van der Waals surface area contributed by atoms with Crippen LogP contribution in [0.3, 0.4) is 0 Å². The normalized spacial score (nSPS) is 44.0. The molecule has 5 atom stereocenters. The molecule has 0 radical (unpaired) electrons. The number of hydrogen-bond donors (Lipinski definition) is 2. The van der Waals surface area contributed by atoms with Crippen molar-refractivity contribution >= 4 is 0 Å². The summed E-state index contributed by atoms with van der Waals surface area (Å²) < 4.78 is 0. The third-order valence-corrected chi connectivity index (χ3v) is 7.14. The molecule has 0 amide bonds. The van der Waals surface area contributed by atoms with Gasteiger partial charge in [0.1, 0.15) is 0 Å². The minimum Gasteiger partial charge on any atom is -0.390 e. The number of rotatable bonds is 4. The van der Waals surface area contributed by atoms with Gasteiger partial charge in [-0.1, -0.05) is 33.3 Å². The summed E-state index contributed by atoms with van der Waals surface area (Å²) in [5.74, 6) is 0.928. The molecule has 0 heterocycles. The Hall–Kier alpha value is -0.340. The van der Waals surface area contributed by atoms with E-state index in [1.165, 1.54) is 19.3 Å². The van der Waals surface area contributed by atoms with Gasteiger partial charge in [0.05, 0.1) is 11.2 Å². The van der Waals surface area contributed by atoms with Gasteiger partial charge in [-0.05, 0) is 75.0 Å². The second-order valence-corrected chi connectivity index (χ2v) is 9.45. The smallest absolute Gasteiger partial charge is 0.0797 e. The second kappa shape index (κ2) is 5.63. The molecule has 2 rings (SSSR count). The molecule has 0 aromatic heterocycles. The zero-order valence-electron chi connectivity index (χ0n) is 15.3. The highest BCUT2D eigenvalue weighted by Gasteiger charge is 2.57. The molecule has 2 nitrogen and oxygen atoms in total. The number of fused-ring (bicyclic) bond motifs is 1. The first-order chi connectivity index (χ1) is 9.95. The van der Waals surface area contributed by atoms with Gasteiger partial charge in [0.25, 0.3) is 0 Å². The van der Waals surface area contributed by atoms with Crippen molar-refractivity contribution in [2.45, 2.75) is 90.8 Å².